The van der Waals surface area contributed by atoms with Crippen LogP contribution < -0.4 is 0 Å². The van der Waals surface area contributed by atoms with Gasteiger partial charge in [0.2, 0.25) is 0 Å². The number of carbonyl (C=O) groups is 3. The van der Waals surface area contributed by atoms with Gasteiger partial charge in [-0.1, -0.05) is 0 Å². The Labute approximate surface area is 171 Å². The second-order valence-electron chi connectivity index (χ2n) is 6.48. The van der Waals surface area contributed by atoms with Crippen molar-refractivity contribution in [3.63, 3.8) is 0 Å². The summed E-state index contributed by atoms with van der Waals surface area (Å²) in [5, 5.41) is 0. The maximum absolute atomic E-state index is 15.2. The van der Waals surface area contributed by atoms with Crippen molar-refractivity contribution < 1.29 is 33.0 Å². The van der Waals surface area contributed by atoms with Crippen LogP contribution in [0.25, 0.3) is 0 Å². The van der Waals surface area contributed by atoms with Gasteiger partial charge in [-0.3, -0.25) is 19.0 Å². The van der Waals surface area contributed by atoms with E-state index in [1.807, 2.05) is 0 Å². The lowest BCUT2D eigenvalue weighted by Crippen LogP contribution is -2.36. The van der Waals surface area contributed by atoms with Crippen molar-refractivity contribution in [2.24, 2.45) is 4.99 Å². The molecule has 1 aromatic heterocycles. The Morgan fingerprint density at radius 1 is 1.38 bits per heavy atom. The second-order valence-corrected chi connectivity index (χ2v) is 6.74. The minimum Gasteiger partial charge on any atom is -0.463 e. The molecule has 160 valence electrons. The molecule has 0 amide bonds. The molecular weight excluding hydrogens is 411 g/mol. The number of carbonyl (C=O) groups excluding carboxylic acids is 3. The van der Waals surface area contributed by atoms with E-state index >= 15 is 4.39 Å². The summed E-state index contributed by atoms with van der Waals surface area (Å²) in [4.78, 5) is 44.4. The van der Waals surface area contributed by atoms with E-state index in [1.54, 1.807) is 19.0 Å². The molecule has 1 saturated heterocycles. The number of nitrogens with zero attached hydrogens (tertiary/aromatic N) is 4. The number of hydrogen-bond acceptors (Lipinski definition) is 8. The van der Waals surface area contributed by atoms with Crippen molar-refractivity contribution in [2.45, 2.75) is 38.5 Å². The first-order valence-corrected chi connectivity index (χ1v) is 9.15. The predicted octanol–water partition coefficient (Wildman–Crippen LogP) is 1.26. The SMILES string of the molecule is CC(=O)OC[C@H]1O[C@@H](n2cnc(C(=O)CCl)c2N=CN(C)C)[C@@H](F)[C@@H]1OC(C)=O. The topological polar surface area (TPSA) is 112 Å². The van der Waals surface area contributed by atoms with Crippen molar-refractivity contribution in [3.8, 4) is 0 Å². The zero-order chi connectivity index (χ0) is 21.7. The Kier molecular flexibility index (Phi) is 7.68. The minimum atomic E-state index is -1.83. The molecule has 0 aliphatic carbocycles. The highest BCUT2D eigenvalue weighted by atomic mass is 35.5. The van der Waals surface area contributed by atoms with Crippen LogP contribution in [0.1, 0.15) is 30.6 Å². The van der Waals surface area contributed by atoms with E-state index in [2.05, 4.69) is 9.98 Å². The van der Waals surface area contributed by atoms with Gasteiger partial charge in [-0.05, 0) is 0 Å². The number of rotatable bonds is 8. The molecule has 10 nitrogen and oxygen atoms in total. The number of aromatic nitrogens is 2. The molecule has 4 atom stereocenters. The van der Waals surface area contributed by atoms with Gasteiger partial charge in [-0.2, -0.15) is 0 Å². The fourth-order valence-electron chi connectivity index (χ4n) is 2.68. The Morgan fingerprint density at radius 3 is 2.62 bits per heavy atom. The highest BCUT2D eigenvalue weighted by Gasteiger charge is 2.49. The third-order valence-electron chi connectivity index (χ3n) is 3.86. The molecule has 0 bridgehead atoms. The molecule has 2 heterocycles. The van der Waals surface area contributed by atoms with Gasteiger partial charge in [0, 0.05) is 27.9 Å². The van der Waals surface area contributed by atoms with Gasteiger partial charge in [0.15, 0.2) is 35.8 Å². The number of ketones is 1. The molecular formula is C17H22ClFN4O6. The highest BCUT2D eigenvalue weighted by molar-refractivity contribution is 6.30. The summed E-state index contributed by atoms with van der Waals surface area (Å²) >= 11 is 5.62. The van der Waals surface area contributed by atoms with Gasteiger partial charge in [0.25, 0.3) is 0 Å². The molecule has 0 N–H and O–H groups in total. The largest absolute Gasteiger partial charge is 0.463 e. The Bertz CT molecular complexity index is 799. The lowest BCUT2D eigenvalue weighted by atomic mass is 10.1. The van der Waals surface area contributed by atoms with Gasteiger partial charge in [0.1, 0.15) is 12.7 Å². The van der Waals surface area contributed by atoms with Crippen LogP contribution in [0.2, 0.25) is 0 Å². The second kappa shape index (κ2) is 9.79. The average molecular weight is 433 g/mol. The lowest BCUT2D eigenvalue weighted by molar-refractivity contribution is -0.156. The molecule has 1 aliphatic rings. The molecule has 2 rings (SSSR count). The van der Waals surface area contributed by atoms with E-state index in [0.717, 1.165) is 6.92 Å². The van der Waals surface area contributed by atoms with Gasteiger partial charge in [0.05, 0.1) is 18.5 Å². The molecule has 12 heteroatoms. The van der Waals surface area contributed by atoms with Crippen molar-refractivity contribution in [1.82, 2.24) is 14.5 Å². The monoisotopic (exact) mass is 432 g/mol. The van der Waals surface area contributed by atoms with E-state index in [0.29, 0.717) is 0 Å². The van der Waals surface area contributed by atoms with Crippen molar-refractivity contribution in [2.75, 3.05) is 26.6 Å². The van der Waals surface area contributed by atoms with E-state index in [9.17, 15) is 14.4 Å². The molecule has 0 radical (unpaired) electrons. The molecule has 1 aliphatic heterocycles. The summed E-state index contributed by atoms with van der Waals surface area (Å²) in [5.74, 6) is -2.12. The Morgan fingerprint density at radius 2 is 2.07 bits per heavy atom. The number of esters is 2. The number of alkyl halides is 2. The minimum absolute atomic E-state index is 0.0340. The van der Waals surface area contributed by atoms with Crippen molar-refractivity contribution in [3.05, 3.63) is 12.0 Å². The van der Waals surface area contributed by atoms with E-state index < -0.39 is 42.3 Å². The molecule has 0 unspecified atom stereocenters. The van der Waals surface area contributed by atoms with Crippen LogP contribution >= 0.6 is 11.6 Å². The molecule has 0 saturated carbocycles. The van der Waals surface area contributed by atoms with E-state index in [-0.39, 0.29) is 24.0 Å². The zero-order valence-electron chi connectivity index (χ0n) is 16.4. The fraction of sp³-hybridized carbons (Fsp3) is 0.588. The van der Waals surface area contributed by atoms with Crippen molar-refractivity contribution >= 4 is 41.5 Å². The molecule has 1 fully saturated rings. The number of hydrogen-bond donors (Lipinski definition) is 0. The summed E-state index contributed by atoms with van der Waals surface area (Å²) in [7, 11) is 3.42. The number of imidazole rings is 1. The number of aliphatic imine (C=N–C) groups is 1. The number of Topliss-reactive ketones (excluding diaryl/α,β-unsaturated/α-hetero) is 1. The first kappa shape index (κ1) is 22.8. The Hall–Kier alpha value is -2.53. The maximum Gasteiger partial charge on any atom is 0.303 e. The Balaban J connectivity index is 2.41. The summed E-state index contributed by atoms with van der Waals surface area (Å²) in [6.45, 7) is 2.00. The van der Waals surface area contributed by atoms with Crippen LogP contribution in [0.5, 0.6) is 0 Å². The normalized spacial score (nSPS) is 23.9. The predicted molar refractivity (Wildman–Crippen MR) is 100 cm³/mol. The van der Waals surface area contributed by atoms with Gasteiger partial charge in [-0.25, -0.2) is 14.4 Å². The maximum atomic E-state index is 15.2. The van der Waals surface area contributed by atoms with Crippen molar-refractivity contribution in [1.29, 1.82) is 0 Å². The quantitative estimate of drug-likeness (QED) is 0.198. The lowest BCUT2D eigenvalue weighted by Gasteiger charge is -2.18. The third-order valence-corrected chi connectivity index (χ3v) is 4.10. The summed E-state index contributed by atoms with van der Waals surface area (Å²) < 4.78 is 32.0. The molecule has 0 spiro atoms. The van der Waals surface area contributed by atoms with E-state index in [1.165, 1.54) is 24.2 Å². The van der Waals surface area contributed by atoms with Crippen LogP contribution in [0.15, 0.2) is 11.3 Å². The van der Waals surface area contributed by atoms with Gasteiger partial charge >= 0.3 is 11.9 Å². The van der Waals surface area contributed by atoms with Crippen LogP contribution in [-0.2, 0) is 23.8 Å². The smallest absolute Gasteiger partial charge is 0.303 e. The first-order chi connectivity index (χ1) is 13.6. The molecule has 29 heavy (non-hydrogen) atoms. The standard InChI is InChI=1S/C17H22ClFN4O6/c1-9(24)27-6-12-15(28-10(2)25)13(19)17(29-12)23-8-20-14(11(26)5-18)16(23)21-7-22(3)4/h7-8,12-13,15,17H,5-6H2,1-4H3/t12-,13+,15-,17-/m1/s1. The van der Waals surface area contributed by atoms with Gasteiger partial charge in [-0.15, -0.1) is 11.6 Å². The van der Waals surface area contributed by atoms with E-state index in [4.69, 9.17) is 25.8 Å². The van der Waals surface area contributed by atoms with Crippen LogP contribution in [0.4, 0.5) is 10.2 Å². The van der Waals surface area contributed by atoms with Gasteiger partial charge < -0.3 is 19.1 Å². The van der Waals surface area contributed by atoms with Crippen LogP contribution in [0.3, 0.4) is 0 Å². The average Bonchev–Trinajstić information content (AvgIpc) is 3.19. The summed E-state index contributed by atoms with van der Waals surface area (Å²) in [6, 6.07) is 0. The summed E-state index contributed by atoms with van der Waals surface area (Å²) in [6.07, 6.45) is -2.93. The highest BCUT2D eigenvalue weighted by Crippen LogP contribution is 2.37. The third kappa shape index (κ3) is 5.51. The first-order valence-electron chi connectivity index (χ1n) is 8.62. The fourth-order valence-corrected chi connectivity index (χ4v) is 2.81. The number of halogens is 2. The zero-order valence-corrected chi connectivity index (χ0v) is 17.1. The number of ether oxygens (including phenoxy) is 3. The summed E-state index contributed by atoms with van der Waals surface area (Å²) in [5.41, 5.74) is -0.0543. The van der Waals surface area contributed by atoms with Crippen LogP contribution in [-0.4, -0.2) is 83.5 Å². The van der Waals surface area contributed by atoms with Crippen LogP contribution in [0, 0.1) is 0 Å². The molecule has 0 aromatic carbocycles. The molecule has 1 aromatic rings.